The number of halogens is 2. The van der Waals surface area contributed by atoms with Crippen molar-refractivity contribution in [1.29, 1.82) is 0 Å². The summed E-state index contributed by atoms with van der Waals surface area (Å²) in [6.45, 7) is -0.380. The van der Waals surface area contributed by atoms with Crippen LogP contribution in [0.1, 0.15) is 16.4 Å². The first kappa shape index (κ1) is 26.0. The van der Waals surface area contributed by atoms with Gasteiger partial charge in [-0.1, -0.05) is 41.3 Å². The maximum atomic E-state index is 13.8. The molecule has 1 saturated heterocycles. The van der Waals surface area contributed by atoms with Crippen molar-refractivity contribution in [2.45, 2.75) is 16.2 Å². The van der Waals surface area contributed by atoms with Crippen LogP contribution in [0, 0.1) is 17.6 Å². The van der Waals surface area contributed by atoms with Crippen LogP contribution in [0.25, 0.3) is 0 Å². The molecule has 0 bridgehead atoms. The van der Waals surface area contributed by atoms with Crippen LogP contribution >= 0.6 is 23.1 Å². The number of nitrogens with one attached hydrogen (secondary N) is 2. The number of nitrogens with zero attached hydrogens (tertiary/aromatic N) is 1. The van der Waals surface area contributed by atoms with Crippen LogP contribution in [-0.4, -0.2) is 34.6 Å². The molecule has 3 aromatic carbocycles. The second-order valence-corrected chi connectivity index (χ2v) is 11.3. The molecule has 0 saturated carbocycles. The summed E-state index contributed by atoms with van der Waals surface area (Å²) in [6.07, 6.45) is 0. The third-order valence-corrected chi connectivity index (χ3v) is 9.05. The van der Waals surface area contributed by atoms with Crippen molar-refractivity contribution in [3.05, 3.63) is 105 Å². The van der Waals surface area contributed by atoms with E-state index in [1.54, 1.807) is 24.3 Å². The van der Waals surface area contributed by atoms with Crippen LogP contribution < -0.4 is 19.8 Å². The molecular weight excluding hydrogens is 560 g/mol. The fraction of sp³-hybridized carbons (Fsp3) is 0.143. The number of carbonyl (C=O) groups is 3. The molecule has 1 aromatic heterocycles. The molecule has 0 unspecified atom stereocenters. The zero-order valence-corrected chi connectivity index (χ0v) is 22.1. The van der Waals surface area contributed by atoms with E-state index in [0.717, 1.165) is 28.0 Å². The number of fused-ring (bicyclic) bond motifs is 2. The summed E-state index contributed by atoms with van der Waals surface area (Å²) in [6, 6.07) is 17.2. The van der Waals surface area contributed by atoms with Gasteiger partial charge in [-0.05, 0) is 54.6 Å². The molecule has 2 N–H and O–H groups in total. The van der Waals surface area contributed by atoms with Gasteiger partial charge in [0.25, 0.3) is 5.91 Å². The molecule has 8 nitrogen and oxygen atoms in total. The van der Waals surface area contributed by atoms with Gasteiger partial charge >= 0.3 is 4.87 Å². The van der Waals surface area contributed by atoms with Gasteiger partial charge in [-0.15, -0.1) is 0 Å². The molecular formula is C28H19F2N3O5S2. The number of carbonyl (C=O) groups excluding carboxylic acids is 3. The molecule has 202 valence electrons. The number of H-pyrrole nitrogens is 1. The van der Waals surface area contributed by atoms with Crippen LogP contribution in [0.3, 0.4) is 0 Å². The van der Waals surface area contributed by atoms with Crippen molar-refractivity contribution < 1.29 is 27.9 Å². The van der Waals surface area contributed by atoms with Crippen molar-refractivity contribution in [2.75, 3.05) is 16.8 Å². The number of ether oxygens (including phenoxy) is 1. The molecule has 0 radical (unpaired) electrons. The number of aromatic nitrogens is 1. The lowest BCUT2D eigenvalue weighted by Crippen LogP contribution is -2.32. The second kappa shape index (κ2) is 10.4. The topological polar surface area (TPSA) is 109 Å². The van der Waals surface area contributed by atoms with Gasteiger partial charge in [-0.2, -0.15) is 0 Å². The Morgan fingerprint density at radius 1 is 0.925 bits per heavy atom. The van der Waals surface area contributed by atoms with Gasteiger partial charge in [-0.3, -0.25) is 19.2 Å². The van der Waals surface area contributed by atoms with Gasteiger partial charge in [0.1, 0.15) is 22.6 Å². The zero-order valence-electron chi connectivity index (χ0n) is 20.4. The first-order chi connectivity index (χ1) is 19.3. The van der Waals surface area contributed by atoms with E-state index in [0.29, 0.717) is 26.9 Å². The van der Waals surface area contributed by atoms with E-state index in [2.05, 4.69) is 10.3 Å². The third kappa shape index (κ3) is 4.69. The summed E-state index contributed by atoms with van der Waals surface area (Å²) in [5.41, 5.74) is 1.18. The molecule has 2 aliphatic rings. The van der Waals surface area contributed by atoms with Crippen LogP contribution in [0.2, 0.25) is 0 Å². The summed E-state index contributed by atoms with van der Waals surface area (Å²) < 4.78 is 32.6. The van der Waals surface area contributed by atoms with Gasteiger partial charge in [-0.25, -0.2) is 13.7 Å². The Bertz CT molecular complexity index is 1690. The van der Waals surface area contributed by atoms with Gasteiger partial charge in [0, 0.05) is 22.0 Å². The van der Waals surface area contributed by atoms with Gasteiger partial charge in [0.15, 0.2) is 6.61 Å². The molecule has 4 aromatic rings. The van der Waals surface area contributed by atoms with Crippen LogP contribution in [0.5, 0.6) is 5.75 Å². The minimum Gasteiger partial charge on any atom is -0.483 e. The summed E-state index contributed by atoms with van der Waals surface area (Å²) in [5.74, 6) is -3.65. The molecule has 3 amide bonds. The van der Waals surface area contributed by atoms with Crippen molar-refractivity contribution in [3.8, 4) is 5.75 Å². The Balaban J connectivity index is 1.33. The summed E-state index contributed by atoms with van der Waals surface area (Å²) >= 11 is 2.08. The van der Waals surface area contributed by atoms with Crippen LogP contribution in [0.4, 0.5) is 20.2 Å². The molecule has 12 heteroatoms. The number of amides is 3. The van der Waals surface area contributed by atoms with E-state index in [1.165, 1.54) is 48.5 Å². The molecule has 1 fully saturated rings. The monoisotopic (exact) mass is 579 g/mol. The first-order valence-electron chi connectivity index (χ1n) is 12.1. The zero-order chi connectivity index (χ0) is 28.0. The summed E-state index contributed by atoms with van der Waals surface area (Å²) in [5, 5.41) is 2.28. The number of hydrogen-bond acceptors (Lipinski definition) is 7. The highest BCUT2D eigenvalue weighted by atomic mass is 32.2. The third-order valence-electron chi connectivity index (χ3n) is 6.65. The lowest BCUT2D eigenvalue weighted by Gasteiger charge is -2.30. The standard InChI is InChI=1S/C28H19F2N3O5S2/c29-14-5-9-16(10-6-14)31-20(34)13-38-19-4-2-1-3-18(19)21-22-24(39-25-23(21)40-28(37)32-25)27(36)33(26(22)35)17-11-7-15(30)8-12-17/h1-12,21-22,24H,13H2,(H,31,34)(H,32,37)/t21-,22-,24+/m0/s1. The van der Waals surface area contributed by atoms with Crippen LogP contribution in [-0.2, 0) is 14.4 Å². The Hall–Kier alpha value is -4.29. The van der Waals surface area contributed by atoms with E-state index >= 15 is 0 Å². The molecule has 6 rings (SSSR count). The minimum atomic E-state index is -0.876. The number of hydrogen-bond donors (Lipinski definition) is 2. The fourth-order valence-electron chi connectivity index (χ4n) is 4.94. The molecule has 2 aliphatic heterocycles. The quantitative estimate of drug-likeness (QED) is 0.325. The molecule has 0 aliphatic carbocycles. The van der Waals surface area contributed by atoms with Crippen molar-refractivity contribution in [3.63, 3.8) is 0 Å². The highest BCUT2D eigenvalue weighted by Gasteiger charge is 2.56. The Kier molecular flexibility index (Phi) is 6.72. The maximum absolute atomic E-state index is 13.8. The van der Waals surface area contributed by atoms with Crippen molar-refractivity contribution in [2.24, 2.45) is 5.92 Å². The van der Waals surface area contributed by atoms with Crippen LogP contribution in [0.15, 0.2) is 82.6 Å². The Morgan fingerprint density at radius 2 is 1.60 bits per heavy atom. The Labute approximate surface area is 234 Å². The molecule has 3 atom stereocenters. The largest absolute Gasteiger partial charge is 0.483 e. The minimum absolute atomic E-state index is 0.254. The van der Waals surface area contributed by atoms with Gasteiger partial charge in [0.05, 0.1) is 16.6 Å². The summed E-state index contributed by atoms with van der Waals surface area (Å²) in [4.78, 5) is 56.3. The van der Waals surface area contributed by atoms with Crippen molar-refractivity contribution in [1.82, 2.24) is 4.98 Å². The number of thiazole rings is 1. The average Bonchev–Trinajstić information content (AvgIpc) is 3.44. The highest BCUT2D eigenvalue weighted by molar-refractivity contribution is 8.00. The normalized spacial score (nSPS) is 19.8. The van der Waals surface area contributed by atoms with E-state index < -0.39 is 46.4 Å². The highest BCUT2D eigenvalue weighted by Crippen LogP contribution is 2.54. The summed E-state index contributed by atoms with van der Waals surface area (Å²) in [7, 11) is 0. The number of benzene rings is 3. The average molecular weight is 580 g/mol. The van der Waals surface area contributed by atoms with Crippen molar-refractivity contribution >= 4 is 52.2 Å². The van der Waals surface area contributed by atoms with E-state index in [1.807, 2.05) is 0 Å². The Morgan fingerprint density at radius 3 is 2.33 bits per heavy atom. The number of imide groups is 1. The van der Waals surface area contributed by atoms with Gasteiger partial charge < -0.3 is 15.0 Å². The number of thioether (sulfide) groups is 1. The number of rotatable bonds is 6. The predicted octanol–water partition coefficient (Wildman–Crippen LogP) is 4.53. The SMILES string of the molecule is O=C(COc1ccccc1[C@@H]1c2sc(=O)[nH]c2S[C@H]2C(=O)N(c3ccc(F)cc3)C(=O)[C@@H]12)Nc1ccc(F)cc1. The first-order valence-corrected chi connectivity index (χ1v) is 13.8. The number of aromatic amines is 1. The predicted molar refractivity (Wildman–Crippen MR) is 146 cm³/mol. The fourth-order valence-corrected chi connectivity index (χ4v) is 7.45. The van der Waals surface area contributed by atoms with E-state index in [-0.39, 0.29) is 17.2 Å². The van der Waals surface area contributed by atoms with E-state index in [9.17, 15) is 28.0 Å². The van der Waals surface area contributed by atoms with E-state index in [4.69, 9.17) is 4.74 Å². The maximum Gasteiger partial charge on any atom is 0.305 e. The molecule has 40 heavy (non-hydrogen) atoms. The van der Waals surface area contributed by atoms with Gasteiger partial charge in [0.2, 0.25) is 11.8 Å². The molecule has 3 heterocycles. The lowest BCUT2D eigenvalue weighted by molar-refractivity contribution is -0.122. The molecule has 0 spiro atoms. The lowest BCUT2D eigenvalue weighted by atomic mass is 9.82. The second-order valence-electron chi connectivity index (χ2n) is 9.12. The number of anilines is 2. The number of para-hydroxylation sites is 1. The smallest absolute Gasteiger partial charge is 0.305 e.